The first kappa shape index (κ1) is 86.0. The van der Waals surface area contributed by atoms with Crippen LogP contribution in [0.5, 0.6) is 0 Å². The summed E-state index contributed by atoms with van der Waals surface area (Å²) in [6.07, 6.45) is 42.5. The zero-order valence-electron chi connectivity index (χ0n) is 58.4. The van der Waals surface area contributed by atoms with Gasteiger partial charge in [0.1, 0.15) is 73.2 Å². The van der Waals surface area contributed by atoms with E-state index >= 15 is 0 Å². The highest BCUT2D eigenvalue weighted by molar-refractivity contribution is 5.76. The Morgan fingerprint density at radius 2 is 0.734 bits per heavy atom. The van der Waals surface area contributed by atoms with Crippen molar-refractivity contribution in [3.63, 3.8) is 0 Å². The Bertz CT molecular complexity index is 1890. The van der Waals surface area contributed by atoms with Gasteiger partial charge in [-0.2, -0.15) is 0 Å². The number of carbonyl (C=O) groups is 1. The van der Waals surface area contributed by atoms with Gasteiger partial charge in [0, 0.05) is 6.42 Å². The molecule has 94 heavy (non-hydrogen) atoms. The second-order valence-corrected chi connectivity index (χ2v) is 27.1. The smallest absolute Gasteiger partial charge is 0.220 e. The van der Waals surface area contributed by atoms with Gasteiger partial charge in [0.05, 0.1) is 38.6 Å². The number of aliphatic hydroxyl groups excluding tert-OH is 11. The molecule has 0 aromatic carbocycles. The van der Waals surface area contributed by atoms with Crippen molar-refractivity contribution in [2.45, 2.75) is 394 Å². The van der Waals surface area contributed by atoms with Crippen LogP contribution in [-0.2, 0) is 33.2 Å². The molecule has 550 valence electrons. The SMILES string of the molecule is CC/C=C\C/C=C\C/C=C\CCCCCCCCCC(=O)NC(COC1OC(CO)C(OC2OC(CO)C(OC3OC(CO)C(O)C(O)C3O)C(O)C2O)C(O)C1O)C(O)/C=C/CCCCCCCCCCCCCCCCCCCCCCCCCCCCCCCC. The second-order valence-electron chi connectivity index (χ2n) is 27.1. The van der Waals surface area contributed by atoms with Crippen LogP contribution in [0.4, 0.5) is 0 Å². The van der Waals surface area contributed by atoms with Crippen molar-refractivity contribution >= 4 is 5.91 Å². The lowest BCUT2D eigenvalue weighted by atomic mass is 9.96. The van der Waals surface area contributed by atoms with Crippen LogP contribution >= 0.6 is 0 Å². The first-order chi connectivity index (χ1) is 45.8. The maximum absolute atomic E-state index is 13.4. The number of amides is 1. The van der Waals surface area contributed by atoms with Gasteiger partial charge in [-0.3, -0.25) is 4.79 Å². The largest absolute Gasteiger partial charge is 0.394 e. The van der Waals surface area contributed by atoms with Crippen LogP contribution in [-0.4, -0.2) is 193 Å². The topological polar surface area (TPSA) is 307 Å². The minimum atomic E-state index is -1.98. The quantitative estimate of drug-likeness (QED) is 0.0199. The van der Waals surface area contributed by atoms with E-state index in [2.05, 4.69) is 55.6 Å². The molecule has 3 aliphatic heterocycles. The van der Waals surface area contributed by atoms with Crippen LogP contribution in [0.2, 0.25) is 0 Å². The van der Waals surface area contributed by atoms with Gasteiger partial charge in [-0.1, -0.05) is 281 Å². The Balaban J connectivity index is 1.38. The van der Waals surface area contributed by atoms with Crippen LogP contribution in [0.15, 0.2) is 48.6 Å². The number of rotatable bonds is 59. The second kappa shape index (κ2) is 56.5. The first-order valence-corrected chi connectivity index (χ1v) is 37.9. The van der Waals surface area contributed by atoms with E-state index in [9.17, 15) is 61.0 Å². The molecule has 19 nitrogen and oxygen atoms in total. The van der Waals surface area contributed by atoms with Crippen molar-refractivity contribution in [3.8, 4) is 0 Å². The number of aliphatic hydroxyl groups is 11. The molecule has 17 unspecified atom stereocenters. The molecule has 0 aromatic heterocycles. The van der Waals surface area contributed by atoms with E-state index in [-0.39, 0.29) is 18.9 Å². The summed E-state index contributed by atoms with van der Waals surface area (Å²) in [7, 11) is 0. The van der Waals surface area contributed by atoms with Gasteiger partial charge in [-0.25, -0.2) is 0 Å². The molecule has 3 saturated heterocycles. The molecule has 17 atom stereocenters. The van der Waals surface area contributed by atoms with Crippen molar-refractivity contribution in [1.29, 1.82) is 0 Å². The maximum atomic E-state index is 13.4. The van der Waals surface area contributed by atoms with Crippen LogP contribution in [0, 0.1) is 0 Å². The lowest BCUT2D eigenvalue weighted by Gasteiger charge is -2.48. The number of ether oxygens (including phenoxy) is 6. The highest BCUT2D eigenvalue weighted by Crippen LogP contribution is 2.33. The molecule has 0 radical (unpaired) electrons. The van der Waals surface area contributed by atoms with Crippen LogP contribution < -0.4 is 5.32 Å². The van der Waals surface area contributed by atoms with Crippen molar-refractivity contribution in [2.75, 3.05) is 26.4 Å². The van der Waals surface area contributed by atoms with Crippen LogP contribution in [0.3, 0.4) is 0 Å². The predicted molar refractivity (Wildman–Crippen MR) is 369 cm³/mol. The molecule has 3 fully saturated rings. The van der Waals surface area contributed by atoms with Gasteiger partial charge >= 0.3 is 0 Å². The summed E-state index contributed by atoms with van der Waals surface area (Å²) in [6.45, 7) is 1.64. The lowest BCUT2D eigenvalue weighted by molar-refractivity contribution is -0.379. The van der Waals surface area contributed by atoms with E-state index in [1.54, 1.807) is 6.08 Å². The molecule has 0 spiro atoms. The van der Waals surface area contributed by atoms with Gasteiger partial charge in [-0.05, 0) is 51.4 Å². The first-order valence-electron chi connectivity index (χ1n) is 37.9. The number of allylic oxidation sites excluding steroid dienone is 7. The summed E-state index contributed by atoms with van der Waals surface area (Å²) in [5.74, 6) is -0.284. The number of carbonyl (C=O) groups excluding carboxylic acids is 1. The fraction of sp³-hybridized carbons (Fsp3) is 0.880. The third kappa shape index (κ3) is 37.3. The normalized spacial score (nSPS) is 27.6. The molecular weight excluding hydrogens is 1200 g/mol. The summed E-state index contributed by atoms with van der Waals surface area (Å²) in [5.41, 5.74) is 0. The van der Waals surface area contributed by atoms with Crippen molar-refractivity contribution in [3.05, 3.63) is 48.6 Å². The van der Waals surface area contributed by atoms with E-state index in [4.69, 9.17) is 28.4 Å². The Kier molecular flexibility index (Phi) is 51.7. The number of unbranched alkanes of at least 4 members (excludes halogenated alkanes) is 37. The molecule has 3 rings (SSSR count). The fourth-order valence-electron chi connectivity index (χ4n) is 12.8. The van der Waals surface area contributed by atoms with Gasteiger partial charge in [0.2, 0.25) is 5.91 Å². The van der Waals surface area contributed by atoms with E-state index in [0.717, 1.165) is 89.9 Å². The Morgan fingerprint density at radius 3 is 1.15 bits per heavy atom. The molecule has 1 amide bonds. The van der Waals surface area contributed by atoms with Gasteiger partial charge in [-0.15, -0.1) is 0 Å². The number of hydrogen-bond acceptors (Lipinski definition) is 18. The molecule has 0 bridgehead atoms. The monoisotopic (exact) mass is 1340 g/mol. The molecule has 3 aliphatic rings. The summed E-state index contributed by atoms with van der Waals surface area (Å²) < 4.78 is 34.4. The molecule has 12 N–H and O–H groups in total. The summed E-state index contributed by atoms with van der Waals surface area (Å²) in [4.78, 5) is 13.4. The molecule has 3 heterocycles. The Labute approximate surface area is 567 Å². The van der Waals surface area contributed by atoms with Crippen LogP contribution in [0.25, 0.3) is 0 Å². The van der Waals surface area contributed by atoms with E-state index in [1.807, 2.05) is 6.08 Å². The average molecular weight is 1340 g/mol. The number of nitrogens with one attached hydrogen (secondary N) is 1. The van der Waals surface area contributed by atoms with Crippen LogP contribution in [0.1, 0.15) is 290 Å². The lowest BCUT2D eigenvalue weighted by Crippen LogP contribution is -2.66. The Hall–Kier alpha value is -2.25. The Morgan fingerprint density at radius 1 is 0.394 bits per heavy atom. The molecular formula is C75H137NO18. The van der Waals surface area contributed by atoms with E-state index in [1.165, 1.54) is 173 Å². The minimum Gasteiger partial charge on any atom is -0.394 e. The molecule has 19 heteroatoms. The molecule has 0 saturated carbocycles. The highest BCUT2D eigenvalue weighted by atomic mass is 16.8. The zero-order chi connectivity index (χ0) is 68.2. The van der Waals surface area contributed by atoms with E-state index < -0.39 is 124 Å². The predicted octanol–water partition coefficient (Wildman–Crippen LogP) is 11.3. The van der Waals surface area contributed by atoms with Gasteiger partial charge in [0.15, 0.2) is 18.9 Å². The maximum Gasteiger partial charge on any atom is 0.220 e. The summed E-state index contributed by atoms with van der Waals surface area (Å²) in [5, 5.41) is 121. The highest BCUT2D eigenvalue weighted by Gasteiger charge is 2.53. The van der Waals surface area contributed by atoms with Gasteiger partial charge in [0.25, 0.3) is 0 Å². The molecule has 0 aromatic rings. The fourth-order valence-corrected chi connectivity index (χ4v) is 12.8. The third-order valence-corrected chi connectivity index (χ3v) is 18.9. The van der Waals surface area contributed by atoms with Crippen molar-refractivity contribution in [2.24, 2.45) is 0 Å². The minimum absolute atomic E-state index is 0.231. The van der Waals surface area contributed by atoms with E-state index in [0.29, 0.717) is 6.42 Å². The standard InChI is InChI=1S/C75H137NO18/c1-3-5-7-9-11-13-15-17-19-21-22-23-24-25-26-27-28-29-30-31-32-33-34-35-37-38-40-42-44-46-48-50-52-59(80)58(76-63(81)53-51-49-47-45-43-41-39-36-20-18-16-14-12-10-8-6-4-2)57-89-73-69(87)66(84)71(61(55-78)91-73)94-75-70(88)67(85)72(62(56-79)92-75)93-74-68(86)65(83)64(82)60(54-77)90-74/h6,8,12,14,18,20,50,52,58-62,64-75,77-80,82-88H,3-5,7,9-11,13,15-17,19,21-49,51,53-57H2,1-2H3,(H,76,81)/b8-6-,14-12-,20-18-,52-50+. The third-order valence-electron chi connectivity index (χ3n) is 18.9. The summed E-state index contributed by atoms with van der Waals surface area (Å²) >= 11 is 0. The van der Waals surface area contributed by atoms with Crippen molar-refractivity contribution in [1.82, 2.24) is 5.32 Å². The van der Waals surface area contributed by atoms with Gasteiger partial charge < -0.3 is 89.9 Å². The average Bonchev–Trinajstić information content (AvgIpc) is 0.787. The number of hydrogen-bond donors (Lipinski definition) is 12. The summed E-state index contributed by atoms with van der Waals surface area (Å²) in [6, 6.07) is -0.981. The molecule has 0 aliphatic carbocycles. The zero-order valence-corrected chi connectivity index (χ0v) is 58.4. The van der Waals surface area contributed by atoms with Crippen molar-refractivity contribution < 1.29 is 89.4 Å².